The zero-order valence-corrected chi connectivity index (χ0v) is 7.71. The SMILES string of the molecule is N#CCC(=O)Nc1ccc2c(c1)CC2. The van der Waals surface area contributed by atoms with Crippen LogP contribution in [0, 0.1) is 11.3 Å². The normalized spacial score (nSPS) is 12.2. The number of benzene rings is 1. The molecule has 0 heterocycles. The smallest absolute Gasteiger partial charge is 0.238 e. The van der Waals surface area contributed by atoms with Gasteiger partial charge in [0, 0.05) is 5.69 Å². The summed E-state index contributed by atoms with van der Waals surface area (Å²) in [5.41, 5.74) is 3.46. The summed E-state index contributed by atoms with van der Waals surface area (Å²) in [6.07, 6.45) is 2.15. The second-order valence-corrected chi connectivity index (χ2v) is 3.37. The highest BCUT2D eigenvalue weighted by atomic mass is 16.1. The Hall–Kier alpha value is -1.82. The van der Waals surface area contributed by atoms with Crippen molar-refractivity contribution in [2.24, 2.45) is 0 Å². The number of nitriles is 1. The quantitative estimate of drug-likeness (QED) is 0.763. The predicted molar refractivity (Wildman–Crippen MR) is 52.7 cm³/mol. The van der Waals surface area contributed by atoms with E-state index in [0.29, 0.717) is 0 Å². The van der Waals surface area contributed by atoms with Gasteiger partial charge in [-0.05, 0) is 36.1 Å². The fourth-order valence-electron chi connectivity index (χ4n) is 1.55. The molecule has 0 aliphatic heterocycles. The molecule has 0 spiro atoms. The lowest BCUT2D eigenvalue weighted by molar-refractivity contribution is -0.115. The molecular formula is C11H10N2O. The second-order valence-electron chi connectivity index (χ2n) is 3.37. The van der Waals surface area contributed by atoms with Gasteiger partial charge >= 0.3 is 0 Å². The van der Waals surface area contributed by atoms with Gasteiger partial charge in [-0.2, -0.15) is 5.26 Å². The number of anilines is 1. The van der Waals surface area contributed by atoms with Crippen molar-refractivity contribution in [1.82, 2.24) is 0 Å². The van der Waals surface area contributed by atoms with Crippen LogP contribution in [0.15, 0.2) is 18.2 Å². The molecule has 1 amide bonds. The van der Waals surface area contributed by atoms with Gasteiger partial charge in [0.15, 0.2) is 0 Å². The van der Waals surface area contributed by atoms with Crippen LogP contribution in [0.25, 0.3) is 0 Å². The highest BCUT2D eigenvalue weighted by Gasteiger charge is 2.13. The van der Waals surface area contributed by atoms with Gasteiger partial charge in [0.1, 0.15) is 6.42 Å². The van der Waals surface area contributed by atoms with E-state index in [1.165, 1.54) is 11.1 Å². The van der Waals surface area contributed by atoms with Crippen molar-refractivity contribution in [3.8, 4) is 6.07 Å². The monoisotopic (exact) mass is 186 g/mol. The van der Waals surface area contributed by atoms with Gasteiger partial charge in [0.25, 0.3) is 0 Å². The maximum Gasteiger partial charge on any atom is 0.238 e. The van der Waals surface area contributed by atoms with Gasteiger partial charge in [0.05, 0.1) is 6.07 Å². The maximum absolute atomic E-state index is 11.1. The second kappa shape index (κ2) is 3.51. The Morgan fingerprint density at radius 3 is 2.79 bits per heavy atom. The van der Waals surface area contributed by atoms with E-state index >= 15 is 0 Å². The molecule has 1 N–H and O–H groups in total. The number of amides is 1. The summed E-state index contributed by atoms with van der Waals surface area (Å²) in [5, 5.41) is 11.0. The summed E-state index contributed by atoms with van der Waals surface area (Å²) in [7, 11) is 0. The number of rotatable bonds is 2. The van der Waals surface area contributed by atoms with Crippen molar-refractivity contribution >= 4 is 11.6 Å². The van der Waals surface area contributed by atoms with Crippen molar-refractivity contribution in [2.45, 2.75) is 19.3 Å². The minimum atomic E-state index is -0.244. The summed E-state index contributed by atoms with van der Waals surface area (Å²) < 4.78 is 0. The molecule has 0 radical (unpaired) electrons. The van der Waals surface area contributed by atoms with Crippen molar-refractivity contribution < 1.29 is 4.79 Å². The van der Waals surface area contributed by atoms with Crippen LogP contribution in [-0.4, -0.2) is 5.91 Å². The molecule has 1 aromatic rings. The molecule has 0 bridgehead atoms. The van der Waals surface area contributed by atoms with Crippen LogP contribution >= 0.6 is 0 Å². The third kappa shape index (κ3) is 1.60. The first-order valence-electron chi connectivity index (χ1n) is 4.58. The van der Waals surface area contributed by atoms with Crippen LogP contribution in [0.3, 0.4) is 0 Å². The van der Waals surface area contributed by atoms with E-state index < -0.39 is 0 Å². The van der Waals surface area contributed by atoms with Crippen molar-refractivity contribution in [1.29, 1.82) is 5.26 Å². The molecule has 0 fully saturated rings. The van der Waals surface area contributed by atoms with Crippen molar-refractivity contribution in [3.05, 3.63) is 29.3 Å². The largest absolute Gasteiger partial charge is 0.325 e. The van der Waals surface area contributed by atoms with E-state index in [9.17, 15) is 4.79 Å². The third-order valence-corrected chi connectivity index (χ3v) is 2.39. The van der Waals surface area contributed by atoms with Crippen LogP contribution in [0.1, 0.15) is 17.5 Å². The molecule has 14 heavy (non-hydrogen) atoms. The summed E-state index contributed by atoms with van der Waals surface area (Å²) in [6.45, 7) is 0. The number of fused-ring (bicyclic) bond motifs is 1. The van der Waals surface area contributed by atoms with Gasteiger partial charge in [-0.25, -0.2) is 0 Å². The minimum absolute atomic E-state index is 0.0862. The summed E-state index contributed by atoms with van der Waals surface area (Å²) in [5.74, 6) is -0.244. The molecule has 0 unspecified atom stereocenters. The average molecular weight is 186 g/mol. The molecule has 1 aliphatic rings. The molecule has 0 aromatic heterocycles. The molecule has 0 atom stereocenters. The fraction of sp³-hybridized carbons (Fsp3) is 0.273. The number of nitrogens with one attached hydrogen (secondary N) is 1. The molecule has 2 rings (SSSR count). The van der Waals surface area contributed by atoms with E-state index in [-0.39, 0.29) is 12.3 Å². The van der Waals surface area contributed by atoms with Gasteiger partial charge in [0.2, 0.25) is 5.91 Å². The first-order chi connectivity index (χ1) is 6.79. The van der Waals surface area contributed by atoms with E-state index in [2.05, 4.69) is 5.32 Å². The van der Waals surface area contributed by atoms with Crippen LogP contribution < -0.4 is 5.32 Å². The Labute approximate surface area is 82.4 Å². The van der Waals surface area contributed by atoms with Crippen LogP contribution in [0.5, 0.6) is 0 Å². The molecule has 0 saturated carbocycles. The molecule has 1 aliphatic carbocycles. The lowest BCUT2D eigenvalue weighted by Gasteiger charge is -2.19. The maximum atomic E-state index is 11.1. The highest BCUT2D eigenvalue weighted by molar-refractivity contribution is 5.92. The topological polar surface area (TPSA) is 52.9 Å². The van der Waals surface area contributed by atoms with E-state index in [1.54, 1.807) is 0 Å². The fourth-order valence-corrected chi connectivity index (χ4v) is 1.55. The van der Waals surface area contributed by atoms with E-state index in [4.69, 9.17) is 5.26 Å². The minimum Gasteiger partial charge on any atom is -0.325 e. The standard InChI is InChI=1S/C11H10N2O/c12-6-5-11(14)13-10-4-3-8-1-2-9(8)7-10/h3-4,7H,1-2,5H2,(H,13,14). The summed E-state index contributed by atoms with van der Waals surface area (Å²) >= 11 is 0. The number of hydrogen-bond acceptors (Lipinski definition) is 2. The lowest BCUT2D eigenvalue weighted by Crippen LogP contribution is -2.13. The third-order valence-electron chi connectivity index (χ3n) is 2.39. The molecule has 70 valence electrons. The molecular weight excluding hydrogens is 176 g/mol. The summed E-state index contributed by atoms with van der Waals surface area (Å²) in [6, 6.07) is 7.71. The van der Waals surface area contributed by atoms with Gasteiger partial charge in [-0.15, -0.1) is 0 Å². The number of aryl methyl sites for hydroxylation is 2. The number of carbonyl (C=O) groups excluding carboxylic acids is 1. The predicted octanol–water partition coefficient (Wildman–Crippen LogP) is 1.64. The van der Waals surface area contributed by atoms with E-state index in [1.807, 2.05) is 24.3 Å². The van der Waals surface area contributed by atoms with Crippen LogP contribution in [-0.2, 0) is 17.6 Å². The molecule has 1 aromatic carbocycles. The van der Waals surface area contributed by atoms with Crippen molar-refractivity contribution in [3.63, 3.8) is 0 Å². The number of hydrogen-bond donors (Lipinski definition) is 1. The molecule has 0 saturated heterocycles. The highest BCUT2D eigenvalue weighted by Crippen LogP contribution is 2.25. The van der Waals surface area contributed by atoms with Crippen LogP contribution in [0.4, 0.5) is 5.69 Å². The van der Waals surface area contributed by atoms with Gasteiger partial charge < -0.3 is 5.32 Å². The first kappa shape index (κ1) is 8.76. The number of nitrogens with zero attached hydrogens (tertiary/aromatic N) is 1. The van der Waals surface area contributed by atoms with Gasteiger partial charge in [-0.1, -0.05) is 6.07 Å². The Morgan fingerprint density at radius 2 is 2.21 bits per heavy atom. The Balaban J connectivity index is 2.07. The Morgan fingerprint density at radius 1 is 1.43 bits per heavy atom. The lowest BCUT2D eigenvalue weighted by atomic mass is 9.88. The summed E-state index contributed by atoms with van der Waals surface area (Å²) in [4.78, 5) is 11.1. The Kier molecular flexibility index (Phi) is 2.19. The van der Waals surface area contributed by atoms with E-state index in [0.717, 1.165) is 18.5 Å². The zero-order valence-electron chi connectivity index (χ0n) is 7.71. The van der Waals surface area contributed by atoms with Crippen molar-refractivity contribution in [2.75, 3.05) is 5.32 Å². The Bertz CT molecular complexity index is 418. The molecule has 3 nitrogen and oxygen atoms in total. The first-order valence-corrected chi connectivity index (χ1v) is 4.58. The zero-order chi connectivity index (χ0) is 9.97. The molecule has 3 heteroatoms. The average Bonchev–Trinajstić information content (AvgIpc) is 2.10. The number of carbonyl (C=O) groups is 1. The van der Waals surface area contributed by atoms with Crippen LogP contribution in [0.2, 0.25) is 0 Å². The van der Waals surface area contributed by atoms with Gasteiger partial charge in [-0.3, -0.25) is 4.79 Å².